The number of aromatic nitrogens is 2. The SMILES string of the molecule is CC(C)c1nc2c(c(=O)n1C(C)C)SCC2. The van der Waals surface area contributed by atoms with Crippen LogP contribution in [-0.4, -0.2) is 15.3 Å². The first-order chi connectivity index (χ1) is 7.52. The topological polar surface area (TPSA) is 34.9 Å². The van der Waals surface area contributed by atoms with E-state index in [0.717, 1.165) is 28.6 Å². The van der Waals surface area contributed by atoms with Gasteiger partial charge in [-0.3, -0.25) is 9.36 Å². The van der Waals surface area contributed by atoms with Crippen LogP contribution < -0.4 is 5.56 Å². The lowest BCUT2D eigenvalue weighted by Gasteiger charge is -2.19. The summed E-state index contributed by atoms with van der Waals surface area (Å²) in [5.74, 6) is 2.23. The highest BCUT2D eigenvalue weighted by Crippen LogP contribution is 2.28. The zero-order valence-corrected chi connectivity index (χ0v) is 11.1. The Hall–Kier alpha value is -0.770. The van der Waals surface area contributed by atoms with Crippen molar-refractivity contribution in [2.24, 2.45) is 0 Å². The molecule has 0 N–H and O–H groups in total. The lowest BCUT2D eigenvalue weighted by atomic mass is 10.1. The third-order valence-electron chi connectivity index (χ3n) is 2.79. The molecule has 0 saturated carbocycles. The van der Waals surface area contributed by atoms with Gasteiger partial charge in [0.2, 0.25) is 0 Å². The Labute approximate surface area is 100 Å². The number of fused-ring (bicyclic) bond motifs is 1. The number of hydrogen-bond donors (Lipinski definition) is 0. The molecule has 0 aromatic carbocycles. The first kappa shape index (κ1) is 11.7. The quantitative estimate of drug-likeness (QED) is 0.794. The highest BCUT2D eigenvalue weighted by Gasteiger charge is 2.23. The maximum atomic E-state index is 12.3. The number of aryl methyl sites for hydroxylation is 1. The van der Waals surface area contributed by atoms with Crippen LogP contribution in [0.1, 0.15) is 51.2 Å². The van der Waals surface area contributed by atoms with Gasteiger partial charge in [-0.15, -0.1) is 11.8 Å². The fourth-order valence-corrected chi connectivity index (χ4v) is 3.09. The summed E-state index contributed by atoms with van der Waals surface area (Å²) >= 11 is 1.65. The van der Waals surface area contributed by atoms with Crippen molar-refractivity contribution in [1.82, 2.24) is 9.55 Å². The van der Waals surface area contributed by atoms with E-state index >= 15 is 0 Å². The molecule has 4 heteroatoms. The Kier molecular flexibility index (Phi) is 3.10. The maximum Gasteiger partial charge on any atom is 0.267 e. The van der Waals surface area contributed by atoms with E-state index in [1.165, 1.54) is 0 Å². The van der Waals surface area contributed by atoms with Crippen LogP contribution in [0.15, 0.2) is 9.69 Å². The largest absolute Gasteiger partial charge is 0.293 e. The van der Waals surface area contributed by atoms with Crippen molar-refractivity contribution >= 4 is 11.8 Å². The van der Waals surface area contributed by atoms with E-state index < -0.39 is 0 Å². The van der Waals surface area contributed by atoms with Crippen LogP contribution in [0, 0.1) is 0 Å². The standard InChI is InChI=1S/C12H18N2OS/c1-7(2)11-13-9-5-6-16-10(9)12(15)14(11)8(3)4/h7-8H,5-6H2,1-4H3. The lowest BCUT2D eigenvalue weighted by Crippen LogP contribution is -2.29. The molecule has 2 heterocycles. The number of nitrogens with zero attached hydrogens (tertiary/aromatic N) is 2. The zero-order valence-electron chi connectivity index (χ0n) is 10.3. The van der Waals surface area contributed by atoms with Crippen molar-refractivity contribution < 1.29 is 0 Å². The van der Waals surface area contributed by atoms with Gasteiger partial charge in [-0.2, -0.15) is 0 Å². The molecule has 0 saturated heterocycles. The molecular weight excluding hydrogens is 220 g/mol. The minimum absolute atomic E-state index is 0.159. The third-order valence-corrected chi connectivity index (χ3v) is 3.90. The van der Waals surface area contributed by atoms with Crippen molar-refractivity contribution in [3.63, 3.8) is 0 Å². The van der Waals surface area contributed by atoms with Gasteiger partial charge in [0.15, 0.2) is 0 Å². The summed E-state index contributed by atoms with van der Waals surface area (Å²) in [6, 6.07) is 0.184. The van der Waals surface area contributed by atoms with Crippen LogP contribution >= 0.6 is 11.8 Å². The van der Waals surface area contributed by atoms with Crippen molar-refractivity contribution in [2.75, 3.05) is 5.75 Å². The summed E-state index contributed by atoms with van der Waals surface area (Å²) in [6.07, 6.45) is 0.938. The van der Waals surface area contributed by atoms with Crippen LogP contribution in [0.4, 0.5) is 0 Å². The molecule has 0 radical (unpaired) electrons. The third kappa shape index (κ3) is 1.79. The number of rotatable bonds is 2. The summed E-state index contributed by atoms with van der Waals surface area (Å²) in [7, 11) is 0. The molecule has 1 aromatic rings. The molecule has 88 valence electrons. The molecule has 3 nitrogen and oxygen atoms in total. The second-order valence-electron chi connectivity index (χ2n) is 4.77. The van der Waals surface area contributed by atoms with Crippen LogP contribution in [-0.2, 0) is 6.42 Å². The van der Waals surface area contributed by atoms with Gasteiger partial charge in [-0.05, 0) is 13.8 Å². The van der Waals surface area contributed by atoms with Crippen LogP contribution in [0.25, 0.3) is 0 Å². The Balaban J connectivity index is 2.70. The van der Waals surface area contributed by atoms with Crippen molar-refractivity contribution in [3.05, 3.63) is 21.9 Å². The maximum absolute atomic E-state index is 12.3. The molecule has 0 amide bonds. The Morgan fingerprint density at radius 3 is 2.56 bits per heavy atom. The molecule has 2 rings (SSSR count). The zero-order chi connectivity index (χ0) is 11.9. The molecule has 1 aliphatic rings. The Bertz CT molecular complexity index is 463. The van der Waals surface area contributed by atoms with Gasteiger partial charge in [0.25, 0.3) is 5.56 Å². The first-order valence-electron chi connectivity index (χ1n) is 5.80. The number of thioether (sulfide) groups is 1. The van der Waals surface area contributed by atoms with Gasteiger partial charge in [-0.1, -0.05) is 13.8 Å². The molecule has 0 atom stereocenters. The van der Waals surface area contributed by atoms with Crippen molar-refractivity contribution in [3.8, 4) is 0 Å². The normalized spacial score (nSPS) is 14.9. The van der Waals surface area contributed by atoms with E-state index in [9.17, 15) is 4.79 Å². The van der Waals surface area contributed by atoms with E-state index in [2.05, 4.69) is 18.8 Å². The first-order valence-corrected chi connectivity index (χ1v) is 6.79. The van der Waals surface area contributed by atoms with E-state index in [1.807, 2.05) is 18.4 Å². The van der Waals surface area contributed by atoms with Gasteiger partial charge in [0.1, 0.15) is 5.82 Å². The van der Waals surface area contributed by atoms with Gasteiger partial charge < -0.3 is 0 Å². The average molecular weight is 238 g/mol. The molecule has 0 bridgehead atoms. The molecule has 0 aliphatic carbocycles. The minimum atomic E-state index is 0.159. The van der Waals surface area contributed by atoms with Crippen molar-refractivity contribution in [1.29, 1.82) is 0 Å². The number of hydrogen-bond acceptors (Lipinski definition) is 3. The van der Waals surface area contributed by atoms with E-state index in [1.54, 1.807) is 11.8 Å². The minimum Gasteiger partial charge on any atom is -0.293 e. The van der Waals surface area contributed by atoms with Gasteiger partial charge in [0.05, 0.1) is 10.6 Å². The lowest BCUT2D eigenvalue weighted by molar-refractivity contribution is 0.504. The smallest absolute Gasteiger partial charge is 0.267 e. The Morgan fingerprint density at radius 2 is 2.00 bits per heavy atom. The summed E-state index contributed by atoms with van der Waals surface area (Å²) < 4.78 is 1.85. The molecule has 0 unspecified atom stereocenters. The average Bonchev–Trinajstić information content (AvgIpc) is 2.64. The predicted octanol–water partition coefficient (Wildman–Crippen LogP) is 2.60. The fraction of sp³-hybridized carbons (Fsp3) is 0.667. The van der Waals surface area contributed by atoms with Gasteiger partial charge in [-0.25, -0.2) is 4.98 Å². The molecule has 0 fully saturated rings. The van der Waals surface area contributed by atoms with E-state index in [-0.39, 0.29) is 11.6 Å². The van der Waals surface area contributed by atoms with Gasteiger partial charge in [0, 0.05) is 24.1 Å². The molecule has 16 heavy (non-hydrogen) atoms. The summed E-state index contributed by atoms with van der Waals surface area (Å²) in [5, 5.41) is 0. The van der Waals surface area contributed by atoms with E-state index in [4.69, 9.17) is 0 Å². The van der Waals surface area contributed by atoms with Crippen LogP contribution in [0.2, 0.25) is 0 Å². The van der Waals surface area contributed by atoms with Gasteiger partial charge >= 0.3 is 0 Å². The molecular formula is C12H18N2OS. The van der Waals surface area contributed by atoms with Crippen LogP contribution in [0.5, 0.6) is 0 Å². The summed E-state index contributed by atoms with van der Waals surface area (Å²) in [6.45, 7) is 8.27. The fourth-order valence-electron chi connectivity index (χ4n) is 2.05. The highest BCUT2D eigenvalue weighted by molar-refractivity contribution is 7.99. The monoisotopic (exact) mass is 238 g/mol. The van der Waals surface area contributed by atoms with Crippen LogP contribution in [0.3, 0.4) is 0 Å². The second-order valence-corrected chi connectivity index (χ2v) is 5.87. The van der Waals surface area contributed by atoms with E-state index in [0.29, 0.717) is 5.92 Å². The second kappa shape index (κ2) is 4.24. The predicted molar refractivity (Wildman–Crippen MR) is 67.4 cm³/mol. The summed E-state index contributed by atoms with van der Waals surface area (Å²) in [4.78, 5) is 17.9. The Morgan fingerprint density at radius 1 is 1.31 bits per heavy atom. The molecule has 1 aliphatic heterocycles. The van der Waals surface area contributed by atoms with Crippen molar-refractivity contribution in [2.45, 2.75) is 51.0 Å². The highest BCUT2D eigenvalue weighted by atomic mass is 32.2. The molecule has 1 aromatic heterocycles. The summed E-state index contributed by atoms with van der Waals surface area (Å²) in [5.41, 5.74) is 1.17. The molecule has 0 spiro atoms.